The van der Waals surface area contributed by atoms with Gasteiger partial charge in [0.1, 0.15) is 5.75 Å². The molecule has 240 valence electrons. The average Bonchev–Trinajstić information content (AvgIpc) is 3.05. The summed E-state index contributed by atoms with van der Waals surface area (Å²) >= 11 is 0. The van der Waals surface area contributed by atoms with E-state index in [9.17, 15) is 5.11 Å². The fourth-order valence-electron chi connectivity index (χ4n) is 5.41. The molecule has 3 nitrogen and oxygen atoms in total. The predicted molar refractivity (Wildman–Crippen MR) is 197 cm³/mol. The monoisotopic (exact) mass is 785 g/mol. The van der Waals surface area contributed by atoms with Crippen LogP contribution in [0.1, 0.15) is 38.9 Å². The van der Waals surface area contributed by atoms with Gasteiger partial charge >= 0.3 is 0 Å². The van der Waals surface area contributed by atoms with Crippen LogP contribution in [-0.4, -0.2) is 23.1 Å². The summed E-state index contributed by atoms with van der Waals surface area (Å²) in [6.07, 6.45) is 0. The molecule has 0 saturated heterocycles. The first-order valence-corrected chi connectivity index (χ1v) is 15.8. The fourth-order valence-corrected chi connectivity index (χ4v) is 5.41. The van der Waals surface area contributed by atoms with E-state index >= 15 is 0 Å². The van der Waals surface area contributed by atoms with E-state index in [2.05, 4.69) is 82.0 Å². The minimum Gasteiger partial charge on any atom is -0.683 e. The van der Waals surface area contributed by atoms with Crippen molar-refractivity contribution in [2.24, 2.45) is 0 Å². The Labute approximate surface area is 301 Å². The van der Waals surface area contributed by atoms with Crippen LogP contribution in [-0.2, 0) is 38.9 Å². The number of nitrogens with zero attached hydrogens (tertiary/aromatic N) is 2. The van der Waals surface area contributed by atoms with Gasteiger partial charge in [0, 0.05) is 49.9 Å². The Kier molecular flexibility index (Phi) is 15.4. The molecule has 4 heteroatoms. The summed E-state index contributed by atoms with van der Waals surface area (Å²) in [7, 11) is 0. The summed E-state index contributed by atoms with van der Waals surface area (Å²) < 4.78 is 0. The molecule has 0 aliphatic carbocycles. The number of fused-ring (bicyclic) bond motifs is 1. The van der Waals surface area contributed by atoms with Crippen LogP contribution in [0.25, 0.3) is 16.1 Å². The largest absolute Gasteiger partial charge is 0.683 e. The van der Waals surface area contributed by atoms with Crippen molar-refractivity contribution in [1.29, 1.82) is 0 Å². The van der Waals surface area contributed by atoms with Gasteiger partial charge in [0.2, 0.25) is 0 Å². The van der Waals surface area contributed by atoms with Gasteiger partial charge in [-0.2, -0.15) is 49.2 Å². The maximum Gasteiger partial charge on any atom is 0.127 e. The molecule has 6 aromatic rings. The van der Waals surface area contributed by atoms with Crippen molar-refractivity contribution in [2.45, 2.75) is 33.9 Å². The summed E-state index contributed by atoms with van der Waals surface area (Å²) in [5.74, 6) is 0.378. The summed E-state index contributed by atoms with van der Waals surface area (Å²) in [5.41, 5.74) is 9.18. The molecule has 1 N–H and O–H groups in total. The Bertz CT molecular complexity index is 1710. The van der Waals surface area contributed by atoms with Crippen LogP contribution in [0.4, 0.5) is 5.69 Å². The third-order valence-electron chi connectivity index (χ3n) is 7.63. The zero-order valence-electron chi connectivity index (χ0n) is 27.9. The van der Waals surface area contributed by atoms with Crippen LogP contribution in [0.3, 0.4) is 0 Å². The molecule has 0 spiro atoms. The summed E-state index contributed by atoms with van der Waals surface area (Å²) in [6.45, 7) is 16.8. The molecule has 0 fully saturated rings. The number of phenols is 1. The van der Waals surface area contributed by atoms with E-state index in [-0.39, 0.29) is 25.8 Å². The van der Waals surface area contributed by atoms with Gasteiger partial charge in [0.05, 0.1) is 0 Å². The zero-order valence-corrected chi connectivity index (χ0v) is 31.5. The van der Waals surface area contributed by atoms with E-state index in [1.807, 2.05) is 97.1 Å². The summed E-state index contributed by atoms with van der Waals surface area (Å²) in [4.78, 5) is 2.36. The second kappa shape index (κ2) is 19.4. The first-order chi connectivity index (χ1) is 22.3. The van der Waals surface area contributed by atoms with Crippen molar-refractivity contribution in [3.63, 3.8) is 0 Å². The first-order valence-electron chi connectivity index (χ1n) is 15.8. The van der Waals surface area contributed by atoms with Crippen LogP contribution in [0, 0.1) is 34.6 Å². The Morgan fingerprint density at radius 1 is 0.617 bits per heavy atom. The van der Waals surface area contributed by atoms with Gasteiger partial charge in [0.25, 0.3) is 0 Å². The van der Waals surface area contributed by atoms with Crippen LogP contribution >= 0.6 is 0 Å². The topological polar surface area (TPSA) is 37.6 Å². The van der Waals surface area contributed by atoms with Gasteiger partial charge in [-0.15, -0.1) is 36.5 Å². The number of benzene rings is 6. The smallest absolute Gasteiger partial charge is 0.127 e. The van der Waals surface area contributed by atoms with Crippen LogP contribution in [0.5, 0.6) is 5.75 Å². The average molecular weight is 784 g/mol. The molecule has 0 atom stereocenters. The number of aryl methyl sites for hydroxylation is 3. The molecular weight excluding hydrogens is 739 g/mol. The van der Waals surface area contributed by atoms with Crippen LogP contribution in [0.15, 0.2) is 140 Å². The maximum atomic E-state index is 10.9. The van der Waals surface area contributed by atoms with E-state index in [0.29, 0.717) is 18.8 Å². The van der Waals surface area contributed by atoms with E-state index in [1.54, 1.807) is 0 Å². The van der Waals surface area contributed by atoms with Gasteiger partial charge in [-0.25, -0.2) is 0 Å². The maximum absolute atomic E-state index is 10.9. The summed E-state index contributed by atoms with van der Waals surface area (Å²) in [6, 6.07) is 46.8. The molecule has 0 radical (unpaired) electrons. The molecule has 47 heavy (non-hydrogen) atoms. The number of hydrogen-bond donors (Lipinski definition) is 1. The Morgan fingerprint density at radius 3 is 1.66 bits per heavy atom. The van der Waals surface area contributed by atoms with Gasteiger partial charge < -0.3 is 10.4 Å². The van der Waals surface area contributed by atoms with Gasteiger partial charge in [0.15, 0.2) is 0 Å². The summed E-state index contributed by atoms with van der Waals surface area (Å²) in [5, 5.41) is 17.8. The number of rotatable bonds is 8. The van der Waals surface area contributed by atoms with E-state index in [4.69, 9.17) is 5.32 Å². The van der Waals surface area contributed by atoms with Crippen molar-refractivity contribution < 1.29 is 30.9 Å². The number of phenolic OH excluding ortho intramolecular Hbond substituents is 1. The third-order valence-corrected chi connectivity index (χ3v) is 7.63. The quantitative estimate of drug-likeness (QED) is 0.123. The third kappa shape index (κ3) is 12.1. The van der Waals surface area contributed by atoms with Crippen molar-refractivity contribution in [3.8, 4) is 5.75 Å². The van der Waals surface area contributed by atoms with E-state index in [1.165, 1.54) is 22.3 Å². The molecule has 0 heterocycles. The SMILES string of the molecule is Cc1cc(C)c([N-]CCN(Cc2ccccc2)Cc2ccc3ccccc3c2O)c(C)c1.[CH2-]c1ccccc1.[CH2-]c1ccccc1.[Hf]. The predicted octanol–water partition coefficient (Wildman–Crippen LogP) is 10.9. The van der Waals surface area contributed by atoms with Crippen molar-refractivity contribution in [2.75, 3.05) is 13.1 Å². The molecule has 0 saturated carbocycles. The first kappa shape index (κ1) is 37.2. The normalized spacial score (nSPS) is 10.2. The molecule has 0 amide bonds. The second-order valence-corrected chi connectivity index (χ2v) is 11.6. The van der Waals surface area contributed by atoms with Crippen molar-refractivity contribution in [1.82, 2.24) is 4.90 Å². The molecule has 0 aliphatic heterocycles. The van der Waals surface area contributed by atoms with Crippen LogP contribution in [0.2, 0.25) is 0 Å². The Morgan fingerprint density at radius 2 is 1.13 bits per heavy atom. The van der Waals surface area contributed by atoms with E-state index in [0.717, 1.165) is 46.2 Å². The van der Waals surface area contributed by atoms with Crippen molar-refractivity contribution >= 4 is 16.5 Å². The minimum atomic E-state index is 0. The number of aromatic hydroxyl groups is 1. The molecule has 0 aliphatic rings. The second-order valence-electron chi connectivity index (χ2n) is 11.6. The minimum absolute atomic E-state index is 0. The molecular formula is C43H45HfN2O-3. The zero-order chi connectivity index (χ0) is 32.7. The fraction of sp³-hybridized carbons (Fsp3) is 0.163. The van der Waals surface area contributed by atoms with Gasteiger partial charge in [-0.05, 0) is 38.3 Å². The van der Waals surface area contributed by atoms with Gasteiger partial charge in [-0.3, -0.25) is 4.90 Å². The molecule has 6 rings (SSSR count). The van der Waals surface area contributed by atoms with E-state index < -0.39 is 0 Å². The molecule has 0 unspecified atom stereocenters. The number of hydrogen-bond acceptors (Lipinski definition) is 2. The standard InChI is InChI=1S/C29H31N2O.2C7H7.Hf/c1-21-17-22(2)28(23(3)18-21)30-15-16-31(19-24-9-5-4-6-10-24)20-26-14-13-25-11-7-8-12-27(25)29(26)32;2*1-7-5-3-2-4-6-7;/h4-14,17-18,32H,15-16,19-20H2,1-3H3;2*2-6H,1H2;/q3*-1;. The molecule has 0 bridgehead atoms. The molecule has 0 aromatic heterocycles. The van der Waals surface area contributed by atoms with Gasteiger partial charge in [-0.1, -0.05) is 108 Å². The van der Waals surface area contributed by atoms with Crippen molar-refractivity contribution in [3.05, 3.63) is 198 Å². The van der Waals surface area contributed by atoms with Crippen LogP contribution < -0.4 is 0 Å². The Hall–Kier alpha value is -4.25. The Balaban J connectivity index is 0.000000329. The molecule has 6 aromatic carbocycles.